The average molecular weight is 138 g/mol. The third-order valence-electron chi connectivity index (χ3n) is 1.33. The van der Waals surface area contributed by atoms with E-state index in [2.05, 4.69) is 16.8 Å². The second-order valence-corrected chi connectivity index (χ2v) is 2.78. The summed E-state index contributed by atoms with van der Waals surface area (Å²) in [6, 6.07) is 0. The fraction of sp³-hybridized carbons (Fsp3) is 0.333. The van der Waals surface area contributed by atoms with E-state index in [0.29, 0.717) is 0 Å². The van der Waals surface area contributed by atoms with E-state index in [1.165, 1.54) is 10.6 Å². The van der Waals surface area contributed by atoms with Gasteiger partial charge >= 0.3 is 0 Å². The fourth-order valence-corrected chi connectivity index (χ4v) is 1.58. The Morgan fingerprint density at radius 1 is 1.78 bits per heavy atom. The topological polar surface area (TPSA) is 24.9 Å². The Balaban J connectivity index is 2.39. The van der Waals surface area contributed by atoms with Crippen molar-refractivity contribution in [1.29, 1.82) is 0 Å². The summed E-state index contributed by atoms with van der Waals surface area (Å²) >= 11 is 1.64. The molecule has 0 fully saturated rings. The number of aromatic nitrogens is 1. The van der Waals surface area contributed by atoms with Gasteiger partial charge in [0.25, 0.3) is 0 Å². The summed E-state index contributed by atoms with van der Waals surface area (Å²) in [7, 11) is 0. The van der Waals surface area contributed by atoms with Crippen LogP contribution in [0.4, 0.5) is 0 Å². The lowest BCUT2D eigenvalue weighted by atomic mass is 10.2. The van der Waals surface area contributed by atoms with E-state index < -0.39 is 0 Å². The number of thiazole rings is 1. The van der Waals surface area contributed by atoms with E-state index >= 15 is 0 Å². The maximum absolute atomic E-state index is 4.17. The number of hydrogen-bond acceptors (Lipinski definition) is 3. The molecule has 0 spiro atoms. The summed E-state index contributed by atoms with van der Waals surface area (Å²) in [5.74, 6) is 0. The van der Waals surface area contributed by atoms with Crippen molar-refractivity contribution in [1.82, 2.24) is 10.3 Å². The van der Waals surface area contributed by atoms with Gasteiger partial charge in [-0.1, -0.05) is 0 Å². The Morgan fingerprint density at radius 3 is 3.67 bits per heavy atom. The molecular formula is C6H6N2S. The van der Waals surface area contributed by atoms with Crippen LogP contribution in [0.1, 0.15) is 10.6 Å². The molecule has 0 aliphatic carbocycles. The number of nitrogens with one attached hydrogen (secondary N) is 1. The molecule has 2 heterocycles. The summed E-state index contributed by atoms with van der Waals surface area (Å²) in [4.78, 5) is 5.34. The Kier molecular flexibility index (Phi) is 1.24. The molecule has 3 heteroatoms. The van der Waals surface area contributed by atoms with Gasteiger partial charge in [-0.2, -0.15) is 0 Å². The number of nitrogens with zero attached hydrogens (tertiary/aromatic N) is 1. The molecule has 0 unspecified atom stereocenters. The second kappa shape index (κ2) is 2.08. The summed E-state index contributed by atoms with van der Waals surface area (Å²) in [5.41, 5.74) is 3.06. The highest BCUT2D eigenvalue weighted by molar-refractivity contribution is 7.10. The van der Waals surface area contributed by atoms with E-state index in [9.17, 15) is 0 Å². The quantitative estimate of drug-likeness (QED) is 0.570. The van der Waals surface area contributed by atoms with E-state index in [0.717, 1.165) is 13.0 Å². The summed E-state index contributed by atoms with van der Waals surface area (Å²) in [5, 5.41) is 3.05. The van der Waals surface area contributed by atoms with Crippen LogP contribution in [0, 0.1) is 6.54 Å². The average Bonchev–Trinajstić information content (AvgIpc) is 2.33. The predicted molar refractivity (Wildman–Crippen MR) is 36.2 cm³/mol. The van der Waals surface area contributed by atoms with Gasteiger partial charge in [-0.05, 0) is 0 Å². The maximum Gasteiger partial charge on any atom is 0.106 e. The standard InChI is InChI=1S/C6H6N2S/c1-2-7-3-6-5(1)8-4-9-6/h4,7H,1-2H2. The SMILES string of the molecule is [C]1NCCc2ncsc21. The molecule has 0 saturated carbocycles. The third kappa shape index (κ3) is 0.862. The first-order chi connectivity index (χ1) is 4.47. The van der Waals surface area contributed by atoms with Crippen molar-refractivity contribution in [2.75, 3.05) is 6.54 Å². The molecule has 1 aromatic rings. The van der Waals surface area contributed by atoms with Crippen LogP contribution in [-0.4, -0.2) is 11.5 Å². The summed E-state index contributed by atoms with van der Waals surface area (Å²) in [6.45, 7) is 4.03. The van der Waals surface area contributed by atoms with Gasteiger partial charge in [0.2, 0.25) is 0 Å². The van der Waals surface area contributed by atoms with Crippen molar-refractivity contribution in [2.24, 2.45) is 0 Å². The molecular weight excluding hydrogens is 132 g/mol. The maximum atomic E-state index is 4.17. The lowest BCUT2D eigenvalue weighted by Gasteiger charge is -2.07. The molecule has 0 amide bonds. The lowest BCUT2D eigenvalue weighted by Crippen LogP contribution is -2.20. The first-order valence-electron chi connectivity index (χ1n) is 2.88. The molecule has 0 bridgehead atoms. The van der Waals surface area contributed by atoms with Crippen molar-refractivity contribution < 1.29 is 0 Å². The van der Waals surface area contributed by atoms with E-state index in [-0.39, 0.29) is 0 Å². The van der Waals surface area contributed by atoms with Crippen LogP contribution in [0.15, 0.2) is 5.51 Å². The van der Waals surface area contributed by atoms with Crippen LogP contribution in [-0.2, 0) is 6.42 Å². The molecule has 2 nitrogen and oxygen atoms in total. The van der Waals surface area contributed by atoms with E-state index in [1.807, 2.05) is 5.51 Å². The van der Waals surface area contributed by atoms with Crippen molar-refractivity contribution in [3.8, 4) is 0 Å². The van der Waals surface area contributed by atoms with Crippen LogP contribution in [0.25, 0.3) is 0 Å². The first kappa shape index (κ1) is 5.38. The monoisotopic (exact) mass is 138 g/mol. The van der Waals surface area contributed by atoms with Gasteiger partial charge < -0.3 is 5.32 Å². The van der Waals surface area contributed by atoms with Crippen molar-refractivity contribution in [3.05, 3.63) is 22.6 Å². The Labute approximate surface area is 57.9 Å². The predicted octanol–water partition coefficient (Wildman–Crippen LogP) is 0.676. The fourth-order valence-electron chi connectivity index (χ4n) is 0.873. The van der Waals surface area contributed by atoms with Crippen molar-refractivity contribution in [3.63, 3.8) is 0 Å². The molecule has 1 N–H and O–H groups in total. The highest BCUT2D eigenvalue weighted by atomic mass is 32.1. The molecule has 2 rings (SSSR count). The minimum Gasteiger partial charge on any atom is -0.302 e. The van der Waals surface area contributed by atoms with Gasteiger partial charge in [-0.25, -0.2) is 4.98 Å². The molecule has 1 aliphatic rings. The Bertz CT molecular complexity index is 186. The molecule has 0 saturated heterocycles. The minimum atomic E-state index is 0.983. The zero-order chi connectivity index (χ0) is 6.10. The largest absolute Gasteiger partial charge is 0.302 e. The van der Waals surface area contributed by atoms with Crippen molar-refractivity contribution in [2.45, 2.75) is 6.42 Å². The van der Waals surface area contributed by atoms with Gasteiger partial charge in [0.05, 0.1) is 16.1 Å². The van der Waals surface area contributed by atoms with Crippen LogP contribution in [0.2, 0.25) is 0 Å². The lowest BCUT2D eigenvalue weighted by molar-refractivity contribution is 0.745. The van der Waals surface area contributed by atoms with Gasteiger partial charge in [-0.3, -0.25) is 0 Å². The molecule has 46 valence electrons. The number of fused-ring (bicyclic) bond motifs is 1. The van der Waals surface area contributed by atoms with Gasteiger partial charge in [0.15, 0.2) is 0 Å². The Morgan fingerprint density at radius 2 is 2.78 bits per heavy atom. The summed E-state index contributed by atoms with van der Waals surface area (Å²) in [6.07, 6.45) is 1.05. The van der Waals surface area contributed by atoms with E-state index in [1.54, 1.807) is 11.3 Å². The molecule has 2 radical (unpaired) electrons. The highest BCUT2D eigenvalue weighted by Gasteiger charge is 2.10. The van der Waals surface area contributed by atoms with Crippen LogP contribution in [0.5, 0.6) is 0 Å². The van der Waals surface area contributed by atoms with Gasteiger partial charge in [-0.15, -0.1) is 11.3 Å². The molecule has 1 aliphatic heterocycles. The number of rotatable bonds is 0. The van der Waals surface area contributed by atoms with E-state index in [4.69, 9.17) is 0 Å². The molecule has 0 aromatic carbocycles. The van der Waals surface area contributed by atoms with Crippen LogP contribution >= 0.6 is 11.3 Å². The Hall–Kier alpha value is -0.410. The minimum absolute atomic E-state index is 0.983. The second-order valence-electron chi connectivity index (χ2n) is 1.93. The molecule has 0 atom stereocenters. The molecule has 9 heavy (non-hydrogen) atoms. The van der Waals surface area contributed by atoms with Crippen LogP contribution < -0.4 is 5.32 Å². The van der Waals surface area contributed by atoms with Gasteiger partial charge in [0, 0.05) is 13.0 Å². The third-order valence-corrected chi connectivity index (χ3v) is 2.11. The normalized spacial score (nSPS) is 17.3. The zero-order valence-corrected chi connectivity index (χ0v) is 5.66. The molecule has 1 aromatic heterocycles. The first-order valence-corrected chi connectivity index (χ1v) is 3.76. The number of hydrogen-bond donors (Lipinski definition) is 1. The zero-order valence-electron chi connectivity index (χ0n) is 4.85. The van der Waals surface area contributed by atoms with Crippen molar-refractivity contribution >= 4 is 11.3 Å². The highest BCUT2D eigenvalue weighted by Crippen LogP contribution is 2.17. The van der Waals surface area contributed by atoms with Crippen LogP contribution in [0.3, 0.4) is 0 Å². The smallest absolute Gasteiger partial charge is 0.106 e. The van der Waals surface area contributed by atoms with Gasteiger partial charge in [0.1, 0.15) is 6.54 Å². The summed E-state index contributed by atoms with van der Waals surface area (Å²) < 4.78 is 0.